The summed E-state index contributed by atoms with van der Waals surface area (Å²) < 4.78 is 12.9. The quantitative estimate of drug-likeness (QED) is 0.0857. The molecule has 2 heterocycles. The third kappa shape index (κ3) is 14.7. The maximum absolute atomic E-state index is 6.47. The molecule has 0 amide bonds. The van der Waals surface area contributed by atoms with Crippen LogP contribution in [-0.2, 0) is 10.8 Å². The second-order valence-corrected chi connectivity index (χ2v) is 38.3. The Morgan fingerprint density at radius 3 is 0.904 bits per heavy atom. The normalized spacial score (nSPS) is 12.5. The number of nitrogens with zero attached hydrogens (tertiary/aromatic N) is 2. The van der Waals surface area contributed by atoms with Gasteiger partial charge in [0.2, 0.25) is 0 Å². The van der Waals surface area contributed by atoms with E-state index >= 15 is 0 Å². The van der Waals surface area contributed by atoms with Gasteiger partial charge >= 0.3 is 0 Å². The topological polar surface area (TPSA) is 32.8 Å². The van der Waals surface area contributed by atoms with Crippen LogP contribution in [0.5, 0.6) is 0 Å². The maximum Gasteiger partial charge on any atom is 0.136 e. The second kappa shape index (κ2) is 36.3. The second-order valence-electron chi connectivity index (χ2n) is 38.3. The highest BCUT2D eigenvalue weighted by Gasteiger charge is 2.49. The third-order valence-electron chi connectivity index (χ3n) is 30.3. The molecule has 0 spiro atoms. The Morgan fingerprint density at radius 1 is 0.144 bits per heavy atom. The Hall–Kier alpha value is -19.0. The van der Waals surface area contributed by atoms with Gasteiger partial charge in [0.15, 0.2) is 0 Å². The highest BCUT2D eigenvalue weighted by atomic mass is 16.3. The molecule has 0 saturated heterocycles. The molecule has 4 nitrogen and oxygen atoms in total. The summed E-state index contributed by atoms with van der Waals surface area (Å²) in [6.45, 7) is 0. The summed E-state index contributed by atoms with van der Waals surface area (Å²) in [6.07, 6.45) is 0. The van der Waals surface area contributed by atoms with Gasteiger partial charge in [-0.25, -0.2) is 0 Å². The minimum absolute atomic E-state index is 0.494. The third-order valence-corrected chi connectivity index (χ3v) is 30.3. The molecule has 0 unspecified atom stereocenters. The number of hydrogen-bond acceptors (Lipinski definition) is 4. The average Bonchev–Trinajstić information content (AvgIpc) is 1.53. The van der Waals surface area contributed by atoms with Gasteiger partial charge in [-0.1, -0.05) is 467 Å². The zero-order chi connectivity index (χ0) is 96.6. The van der Waals surface area contributed by atoms with Crippen molar-refractivity contribution in [2.24, 2.45) is 0 Å². The Morgan fingerprint density at radius 2 is 0.445 bits per heavy atom. The number of anilines is 6. The van der Waals surface area contributed by atoms with Gasteiger partial charge in [0, 0.05) is 55.4 Å². The standard InChI is InChI=1S/2C71H47NO/c1-3-21-54(22-4-1)71(55-23-5-2-6-24-55)65-32-12-9-29-64(65)70-61(31-17-33-66(70)71)52-20-15-25-57(46-52)72(67-34-13-10-27-60(67)53-42-45-63-62-28-11-14-35-68(62)73-69(63)47-53)56-43-40-49(41-44-56)48-36-38-51(39-37-48)59-30-16-19-50-18-7-8-26-58(50)59;1-3-20-56(21-4-1)71(57-22-5-2-6-23-57)65-29-12-9-27-64(65)70-61(28-16-30-66(70)71)54-19-15-24-59(46-54)72(67-31-13-10-25-60(67)55-41-44-63-62-26-11-14-32-68(62)73-69(63)47-55)58-42-39-50(40-43-58)49-33-35-51(36-34-49)53-38-37-48-17-7-8-18-52(48)45-53/h2*1-47H. The number of rotatable bonds is 18. The monoisotopic (exact) mass is 1860 g/mol. The predicted molar refractivity (Wildman–Crippen MR) is 610 cm³/mol. The van der Waals surface area contributed by atoms with Crippen LogP contribution in [0.2, 0.25) is 0 Å². The van der Waals surface area contributed by atoms with E-state index in [2.05, 4.69) is 556 Å². The number of furan rings is 2. The first kappa shape index (κ1) is 86.1. The van der Waals surface area contributed by atoms with E-state index in [-0.39, 0.29) is 0 Å². The summed E-state index contributed by atoms with van der Waals surface area (Å²) in [7, 11) is 0. The van der Waals surface area contributed by atoms with E-state index in [0.29, 0.717) is 0 Å². The van der Waals surface area contributed by atoms with E-state index in [0.717, 1.165) is 123 Å². The van der Waals surface area contributed by atoms with E-state index in [4.69, 9.17) is 8.83 Å². The fourth-order valence-corrected chi connectivity index (χ4v) is 23.7. The number of benzene rings is 24. The van der Waals surface area contributed by atoms with Crippen LogP contribution in [0.15, 0.2) is 579 Å². The molecular weight excluding hydrogens is 1770 g/mol. The molecule has 4 heteroatoms. The molecule has 26 aromatic rings. The molecule has 684 valence electrons. The van der Waals surface area contributed by atoms with Gasteiger partial charge in [0.05, 0.1) is 22.2 Å². The van der Waals surface area contributed by atoms with Gasteiger partial charge in [-0.2, -0.15) is 0 Å². The van der Waals surface area contributed by atoms with Crippen LogP contribution in [0.3, 0.4) is 0 Å². The molecule has 146 heavy (non-hydrogen) atoms. The van der Waals surface area contributed by atoms with Gasteiger partial charge < -0.3 is 18.6 Å². The van der Waals surface area contributed by atoms with Crippen LogP contribution >= 0.6 is 0 Å². The lowest BCUT2D eigenvalue weighted by Crippen LogP contribution is -2.28. The molecule has 0 atom stereocenters. The number of fused-ring (bicyclic) bond motifs is 14. The maximum atomic E-state index is 6.47. The zero-order valence-corrected chi connectivity index (χ0v) is 80.0. The highest BCUT2D eigenvalue weighted by molar-refractivity contribution is 6.09. The number of para-hydroxylation sites is 4. The van der Waals surface area contributed by atoms with Gasteiger partial charge in [0.25, 0.3) is 0 Å². The van der Waals surface area contributed by atoms with Crippen molar-refractivity contribution in [1.29, 1.82) is 0 Å². The molecule has 2 aromatic heterocycles. The fraction of sp³-hybridized carbons (Fsp3) is 0.0141. The van der Waals surface area contributed by atoms with Crippen molar-refractivity contribution < 1.29 is 8.83 Å². The van der Waals surface area contributed by atoms with Crippen molar-refractivity contribution in [1.82, 2.24) is 0 Å². The molecule has 0 saturated carbocycles. The van der Waals surface area contributed by atoms with E-state index < -0.39 is 10.8 Å². The molecule has 0 bridgehead atoms. The lowest BCUT2D eigenvalue weighted by molar-refractivity contribution is 0.668. The summed E-state index contributed by atoms with van der Waals surface area (Å²) >= 11 is 0. The van der Waals surface area contributed by atoms with Crippen LogP contribution in [0.1, 0.15) is 44.5 Å². The Kier molecular flexibility index (Phi) is 21.4. The molecule has 0 aliphatic heterocycles. The van der Waals surface area contributed by atoms with Gasteiger partial charge in [-0.05, 0) is 269 Å². The largest absolute Gasteiger partial charge is 0.456 e. The molecular formula is C142H94N2O2. The Bertz CT molecular complexity index is 9380. The SMILES string of the molecule is c1ccc(C2(c3ccccc3)c3ccccc3-c3c(-c4cccc(N(c5ccc(-c6ccc(-c7ccc8ccccc8c7)cc6)cc5)c5ccccc5-c5ccc6c(c5)oc5ccccc56)c4)cccc32)cc1.c1ccc(C2(c3ccccc3)c3ccccc3-c3c(-c4cccc(N(c5ccc(-c6ccc(-c7cccc8ccccc78)cc6)cc5)c5ccccc5-c5ccc6c(c5)oc5ccccc56)c4)cccc32)cc1. The van der Waals surface area contributed by atoms with Gasteiger partial charge in [-0.3, -0.25) is 0 Å². The number of hydrogen-bond donors (Lipinski definition) is 0. The van der Waals surface area contributed by atoms with Crippen LogP contribution in [-0.4, -0.2) is 0 Å². The molecule has 0 fully saturated rings. The molecule has 2 aliphatic rings. The Balaban J connectivity index is 0.000000145. The molecule has 0 radical (unpaired) electrons. The van der Waals surface area contributed by atoms with Gasteiger partial charge in [-0.15, -0.1) is 0 Å². The fourth-order valence-electron chi connectivity index (χ4n) is 23.7. The van der Waals surface area contributed by atoms with E-state index in [1.165, 1.54) is 133 Å². The molecule has 24 aromatic carbocycles. The van der Waals surface area contributed by atoms with Crippen molar-refractivity contribution in [3.8, 4) is 111 Å². The summed E-state index contributed by atoms with van der Waals surface area (Å²) in [5.41, 5.74) is 42.8. The van der Waals surface area contributed by atoms with E-state index in [9.17, 15) is 0 Å². The first-order valence-corrected chi connectivity index (χ1v) is 50.3. The van der Waals surface area contributed by atoms with Crippen molar-refractivity contribution in [2.45, 2.75) is 10.8 Å². The molecule has 0 N–H and O–H groups in total. The summed E-state index contributed by atoms with van der Waals surface area (Å²) in [5.74, 6) is 0. The van der Waals surface area contributed by atoms with Crippen molar-refractivity contribution in [2.75, 3.05) is 9.80 Å². The van der Waals surface area contributed by atoms with E-state index in [1.54, 1.807) is 0 Å². The Labute approximate surface area is 848 Å². The van der Waals surface area contributed by atoms with Crippen LogP contribution in [0.4, 0.5) is 34.1 Å². The van der Waals surface area contributed by atoms with Crippen LogP contribution in [0, 0.1) is 0 Å². The average molecular weight is 1860 g/mol. The first-order valence-electron chi connectivity index (χ1n) is 50.3. The van der Waals surface area contributed by atoms with Gasteiger partial charge in [0.1, 0.15) is 22.3 Å². The minimum Gasteiger partial charge on any atom is -0.456 e. The highest BCUT2D eigenvalue weighted by Crippen LogP contribution is 2.62. The zero-order valence-electron chi connectivity index (χ0n) is 80.0. The predicted octanol–water partition coefficient (Wildman–Crippen LogP) is 38.5. The van der Waals surface area contributed by atoms with Crippen LogP contribution < -0.4 is 9.80 Å². The summed E-state index contributed by atoms with van der Waals surface area (Å²) in [5, 5.41) is 9.48. The lowest BCUT2D eigenvalue weighted by atomic mass is 9.67. The van der Waals surface area contributed by atoms with Crippen molar-refractivity contribution in [3.63, 3.8) is 0 Å². The summed E-state index contributed by atoms with van der Waals surface area (Å²) in [4.78, 5) is 4.84. The van der Waals surface area contributed by atoms with E-state index in [1.807, 2.05) is 24.3 Å². The van der Waals surface area contributed by atoms with Crippen LogP contribution in [0.25, 0.3) is 177 Å². The molecule has 2 aliphatic carbocycles. The first-order chi connectivity index (χ1) is 72.4. The lowest BCUT2D eigenvalue weighted by Gasteiger charge is -2.34. The van der Waals surface area contributed by atoms with Crippen molar-refractivity contribution >= 4 is 99.5 Å². The molecule has 28 rings (SSSR count). The van der Waals surface area contributed by atoms with Crippen molar-refractivity contribution in [3.05, 3.63) is 615 Å². The minimum atomic E-state index is -0.494. The summed E-state index contributed by atoms with van der Waals surface area (Å²) in [6, 6.07) is 208. The smallest absolute Gasteiger partial charge is 0.136 e.